The zero-order valence-electron chi connectivity index (χ0n) is 17.2. The van der Waals surface area contributed by atoms with E-state index in [-0.39, 0.29) is 11.9 Å². The lowest BCUT2D eigenvalue weighted by Crippen LogP contribution is -2.51. The van der Waals surface area contributed by atoms with Gasteiger partial charge in [0.2, 0.25) is 11.8 Å². The molecule has 0 radical (unpaired) electrons. The quantitative estimate of drug-likeness (QED) is 0.201. The van der Waals surface area contributed by atoms with Gasteiger partial charge in [0.1, 0.15) is 6.04 Å². The van der Waals surface area contributed by atoms with E-state index in [2.05, 4.69) is 20.9 Å². The number of nitrogens with one attached hydrogen (secondary N) is 3. The van der Waals surface area contributed by atoms with E-state index in [4.69, 9.17) is 11.5 Å². The molecular formula is C21H34N6O2. The van der Waals surface area contributed by atoms with Gasteiger partial charge in [0.25, 0.3) is 0 Å². The number of carbonyl (C=O) groups is 2. The number of unbranched alkanes of at least 4 members (excludes halogenated alkanes) is 2. The summed E-state index contributed by atoms with van der Waals surface area (Å²) in [6.07, 6.45) is 5.33. The maximum atomic E-state index is 12.2. The van der Waals surface area contributed by atoms with Crippen LogP contribution in [0.2, 0.25) is 0 Å². The number of carbonyl (C=O) groups excluding carboxylic acids is 2. The summed E-state index contributed by atoms with van der Waals surface area (Å²) in [4.78, 5) is 28.2. The molecule has 2 atom stereocenters. The Morgan fingerprint density at radius 1 is 1.21 bits per heavy atom. The van der Waals surface area contributed by atoms with Crippen LogP contribution in [0.5, 0.6) is 0 Å². The van der Waals surface area contributed by atoms with Gasteiger partial charge in [-0.2, -0.15) is 0 Å². The maximum absolute atomic E-state index is 12.2. The molecule has 0 saturated carbocycles. The van der Waals surface area contributed by atoms with Crippen molar-refractivity contribution in [2.75, 3.05) is 25.0 Å². The standard InChI is InChI=1S/C21H34N6O2/c1-15(22)24-11-3-2-4-12-25-17-9-7-16(8-10-17)14-19(20(23)28)27-21(29)18-6-5-13-26-18/h7-10,18-19,25-26H,2-6,11-14H2,1H3,(H2,22,24)(H2,23,28)(H,27,29). The fourth-order valence-corrected chi connectivity index (χ4v) is 3.30. The molecule has 1 aromatic carbocycles. The molecule has 2 rings (SSSR count). The maximum Gasteiger partial charge on any atom is 0.240 e. The lowest BCUT2D eigenvalue weighted by atomic mass is 10.0. The van der Waals surface area contributed by atoms with Gasteiger partial charge in [-0.3, -0.25) is 14.6 Å². The van der Waals surface area contributed by atoms with Crippen LogP contribution >= 0.6 is 0 Å². The second-order valence-electron chi connectivity index (χ2n) is 7.52. The predicted molar refractivity (Wildman–Crippen MR) is 117 cm³/mol. The first-order valence-corrected chi connectivity index (χ1v) is 10.4. The van der Waals surface area contributed by atoms with E-state index in [1.807, 2.05) is 24.3 Å². The third-order valence-electron chi connectivity index (χ3n) is 4.96. The Morgan fingerprint density at radius 2 is 1.97 bits per heavy atom. The Hall–Kier alpha value is -2.61. The summed E-state index contributed by atoms with van der Waals surface area (Å²) in [5.41, 5.74) is 13.0. The van der Waals surface area contributed by atoms with Gasteiger partial charge in [-0.1, -0.05) is 12.1 Å². The Balaban J connectivity index is 1.73. The molecule has 1 aromatic rings. The molecule has 7 N–H and O–H groups in total. The van der Waals surface area contributed by atoms with E-state index >= 15 is 0 Å². The minimum atomic E-state index is -0.705. The lowest BCUT2D eigenvalue weighted by Gasteiger charge is -2.18. The first-order chi connectivity index (χ1) is 14.0. The number of nitrogens with two attached hydrogens (primary N) is 2. The summed E-state index contributed by atoms with van der Waals surface area (Å²) >= 11 is 0. The number of aliphatic imine (C=N–C) groups is 1. The van der Waals surface area contributed by atoms with Crippen molar-refractivity contribution in [1.29, 1.82) is 0 Å². The topological polar surface area (TPSA) is 135 Å². The smallest absolute Gasteiger partial charge is 0.240 e. The third-order valence-corrected chi connectivity index (χ3v) is 4.96. The highest BCUT2D eigenvalue weighted by atomic mass is 16.2. The van der Waals surface area contributed by atoms with Crippen molar-refractivity contribution in [1.82, 2.24) is 10.6 Å². The second kappa shape index (κ2) is 12.1. The monoisotopic (exact) mass is 402 g/mol. The molecular weight excluding hydrogens is 368 g/mol. The summed E-state index contributed by atoms with van der Waals surface area (Å²) in [5, 5.41) is 9.29. The molecule has 160 valence electrons. The molecule has 1 heterocycles. The van der Waals surface area contributed by atoms with Crippen LogP contribution in [0.1, 0.15) is 44.6 Å². The largest absolute Gasteiger partial charge is 0.388 e. The van der Waals surface area contributed by atoms with Gasteiger partial charge in [0.05, 0.1) is 11.9 Å². The summed E-state index contributed by atoms with van der Waals surface area (Å²) in [5.74, 6) is -0.0406. The number of rotatable bonds is 12. The summed E-state index contributed by atoms with van der Waals surface area (Å²) < 4.78 is 0. The molecule has 0 bridgehead atoms. The van der Waals surface area contributed by atoms with E-state index in [9.17, 15) is 9.59 Å². The minimum Gasteiger partial charge on any atom is -0.388 e. The average molecular weight is 403 g/mol. The van der Waals surface area contributed by atoms with Crippen LogP contribution in [-0.4, -0.2) is 49.4 Å². The third kappa shape index (κ3) is 8.51. The highest BCUT2D eigenvalue weighted by molar-refractivity contribution is 5.89. The molecule has 0 spiro atoms. The van der Waals surface area contributed by atoms with E-state index in [1.165, 1.54) is 0 Å². The minimum absolute atomic E-state index is 0.156. The van der Waals surface area contributed by atoms with Crippen LogP contribution in [0.25, 0.3) is 0 Å². The van der Waals surface area contributed by atoms with Gasteiger partial charge in [-0.25, -0.2) is 0 Å². The Labute approximate surface area is 172 Å². The van der Waals surface area contributed by atoms with Crippen LogP contribution in [0.15, 0.2) is 29.3 Å². The van der Waals surface area contributed by atoms with Crippen LogP contribution < -0.4 is 27.4 Å². The van der Waals surface area contributed by atoms with Crippen molar-refractivity contribution in [3.05, 3.63) is 29.8 Å². The van der Waals surface area contributed by atoms with Crippen LogP contribution in [0.3, 0.4) is 0 Å². The van der Waals surface area contributed by atoms with Gasteiger partial charge in [-0.05, 0) is 63.3 Å². The Morgan fingerprint density at radius 3 is 2.59 bits per heavy atom. The highest BCUT2D eigenvalue weighted by Crippen LogP contribution is 2.12. The molecule has 1 aliphatic heterocycles. The number of anilines is 1. The first kappa shape index (κ1) is 22.7. The highest BCUT2D eigenvalue weighted by Gasteiger charge is 2.26. The number of benzene rings is 1. The van der Waals surface area contributed by atoms with E-state index in [1.54, 1.807) is 6.92 Å². The van der Waals surface area contributed by atoms with Gasteiger partial charge in [-0.15, -0.1) is 0 Å². The van der Waals surface area contributed by atoms with Crippen LogP contribution in [0, 0.1) is 0 Å². The molecule has 0 aromatic heterocycles. The van der Waals surface area contributed by atoms with Crippen molar-refractivity contribution >= 4 is 23.3 Å². The average Bonchev–Trinajstić information content (AvgIpc) is 3.22. The summed E-state index contributed by atoms with van der Waals surface area (Å²) in [6.45, 7) is 4.30. The normalized spacial score (nSPS) is 17.7. The molecule has 0 aliphatic carbocycles. The van der Waals surface area contributed by atoms with Gasteiger partial charge in [0, 0.05) is 25.2 Å². The lowest BCUT2D eigenvalue weighted by molar-refractivity contribution is -0.128. The molecule has 1 fully saturated rings. The number of hydrogen-bond acceptors (Lipinski definition) is 5. The van der Waals surface area contributed by atoms with E-state index < -0.39 is 11.9 Å². The zero-order chi connectivity index (χ0) is 21.1. The predicted octanol–water partition coefficient (Wildman–Crippen LogP) is 0.911. The Bertz CT molecular complexity index is 679. The molecule has 2 amide bonds. The molecule has 2 unspecified atom stereocenters. The van der Waals surface area contributed by atoms with Crippen molar-refractivity contribution < 1.29 is 9.59 Å². The fraction of sp³-hybridized carbons (Fsp3) is 0.571. The summed E-state index contributed by atoms with van der Waals surface area (Å²) in [6, 6.07) is 6.94. The fourth-order valence-electron chi connectivity index (χ4n) is 3.30. The number of amidine groups is 1. The number of nitrogens with zero attached hydrogens (tertiary/aromatic N) is 1. The van der Waals surface area contributed by atoms with Crippen LogP contribution in [-0.2, 0) is 16.0 Å². The zero-order valence-corrected chi connectivity index (χ0v) is 17.2. The van der Waals surface area contributed by atoms with Crippen molar-refractivity contribution in [2.24, 2.45) is 16.5 Å². The van der Waals surface area contributed by atoms with Gasteiger partial charge >= 0.3 is 0 Å². The molecule has 1 aliphatic rings. The van der Waals surface area contributed by atoms with Gasteiger partial charge < -0.3 is 27.4 Å². The first-order valence-electron chi connectivity index (χ1n) is 10.4. The van der Waals surface area contributed by atoms with Crippen LogP contribution in [0.4, 0.5) is 5.69 Å². The molecule has 1 saturated heterocycles. The van der Waals surface area contributed by atoms with Crippen molar-refractivity contribution in [3.8, 4) is 0 Å². The number of amides is 2. The molecule has 8 nitrogen and oxygen atoms in total. The number of hydrogen-bond donors (Lipinski definition) is 5. The van der Waals surface area contributed by atoms with E-state index in [0.29, 0.717) is 12.3 Å². The summed E-state index contributed by atoms with van der Waals surface area (Å²) in [7, 11) is 0. The molecule has 8 heteroatoms. The SMILES string of the molecule is CC(N)=NCCCCCNc1ccc(CC(NC(=O)C2CCCN2)C(N)=O)cc1. The van der Waals surface area contributed by atoms with Gasteiger partial charge in [0.15, 0.2) is 0 Å². The number of primary amides is 1. The van der Waals surface area contributed by atoms with Crippen molar-refractivity contribution in [2.45, 2.75) is 57.5 Å². The van der Waals surface area contributed by atoms with E-state index in [0.717, 1.165) is 63.0 Å². The Kier molecular flexibility index (Phi) is 9.43. The molecule has 29 heavy (non-hydrogen) atoms. The van der Waals surface area contributed by atoms with Crippen molar-refractivity contribution in [3.63, 3.8) is 0 Å². The second-order valence-corrected chi connectivity index (χ2v) is 7.52.